The van der Waals surface area contributed by atoms with E-state index in [2.05, 4.69) is 20.8 Å². The van der Waals surface area contributed by atoms with E-state index in [1.807, 2.05) is 52.0 Å². The molecule has 25 heavy (non-hydrogen) atoms. The number of hydrogen-bond donors (Lipinski definition) is 1. The first-order valence-electron chi connectivity index (χ1n) is 8.29. The van der Waals surface area contributed by atoms with Gasteiger partial charge in [-0.3, -0.25) is 4.79 Å². The first-order chi connectivity index (χ1) is 11.9. The lowest BCUT2D eigenvalue weighted by Crippen LogP contribution is -2.33. The fraction of sp³-hybridized carbons (Fsp3) is 0.529. The number of aromatic nitrogens is 4. The summed E-state index contributed by atoms with van der Waals surface area (Å²) in [6, 6.07) is 7.37. The van der Waals surface area contributed by atoms with Crippen molar-refractivity contribution in [1.29, 1.82) is 0 Å². The summed E-state index contributed by atoms with van der Waals surface area (Å²) in [5.74, 6) is 2.05. The molecular weight excluding hydrogens is 322 g/mol. The molecule has 0 saturated carbocycles. The van der Waals surface area contributed by atoms with Gasteiger partial charge in [-0.25, -0.2) is 4.68 Å². The minimum Gasteiger partial charge on any atom is -0.494 e. The van der Waals surface area contributed by atoms with Gasteiger partial charge in [-0.2, -0.15) is 0 Å². The van der Waals surface area contributed by atoms with Gasteiger partial charge in [0.05, 0.1) is 13.2 Å². The molecule has 0 atom stereocenters. The molecule has 8 heteroatoms. The predicted octanol–water partition coefficient (Wildman–Crippen LogP) is 1.56. The van der Waals surface area contributed by atoms with Crippen LogP contribution in [0.3, 0.4) is 0 Å². The molecule has 1 heterocycles. The van der Waals surface area contributed by atoms with Crippen LogP contribution < -0.4 is 14.8 Å². The third-order valence-electron chi connectivity index (χ3n) is 3.32. The van der Waals surface area contributed by atoms with Crippen LogP contribution in [0, 0.1) is 0 Å². The normalized spacial score (nSPS) is 11.2. The van der Waals surface area contributed by atoms with E-state index in [1.165, 1.54) is 4.68 Å². The summed E-state index contributed by atoms with van der Waals surface area (Å²) in [5.41, 5.74) is -0.222. The van der Waals surface area contributed by atoms with E-state index >= 15 is 0 Å². The van der Waals surface area contributed by atoms with E-state index in [9.17, 15) is 4.79 Å². The minimum atomic E-state index is -0.222. The number of ether oxygens (including phenoxy) is 2. The summed E-state index contributed by atoms with van der Waals surface area (Å²) in [7, 11) is 0. The van der Waals surface area contributed by atoms with Crippen LogP contribution in [0.5, 0.6) is 11.5 Å². The van der Waals surface area contributed by atoms with Gasteiger partial charge in [0.15, 0.2) is 5.82 Å². The van der Waals surface area contributed by atoms with Crippen LogP contribution in [-0.4, -0.2) is 45.9 Å². The molecule has 0 unspecified atom stereocenters. The highest BCUT2D eigenvalue weighted by Gasteiger charge is 2.22. The van der Waals surface area contributed by atoms with E-state index in [0.717, 1.165) is 11.5 Å². The van der Waals surface area contributed by atoms with Crippen LogP contribution in [0.2, 0.25) is 0 Å². The lowest BCUT2D eigenvalue weighted by molar-refractivity contribution is -0.122. The fourth-order valence-corrected chi connectivity index (χ4v) is 2.20. The first-order valence-corrected chi connectivity index (χ1v) is 8.29. The second-order valence-corrected chi connectivity index (χ2v) is 6.51. The standard InChI is InChI=1S/C17H25N5O3/c1-5-24-13-6-8-14(9-7-13)25-11-10-18-15(23)12-22-16(17(2,3)4)19-20-21-22/h6-9H,5,10-12H2,1-4H3,(H,18,23). The number of benzene rings is 1. The average Bonchev–Trinajstić information content (AvgIpc) is 3.02. The molecule has 0 aliphatic carbocycles. The van der Waals surface area contributed by atoms with Gasteiger partial charge in [-0.05, 0) is 41.6 Å². The van der Waals surface area contributed by atoms with Crippen LogP contribution >= 0.6 is 0 Å². The van der Waals surface area contributed by atoms with Crippen molar-refractivity contribution in [3.63, 3.8) is 0 Å². The molecule has 0 spiro atoms. The summed E-state index contributed by atoms with van der Waals surface area (Å²) in [6.07, 6.45) is 0. The van der Waals surface area contributed by atoms with Crippen molar-refractivity contribution < 1.29 is 14.3 Å². The van der Waals surface area contributed by atoms with Crippen molar-refractivity contribution >= 4 is 5.91 Å². The smallest absolute Gasteiger partial charge is 0.242 e. The first kappa shape index (κ1) is 18.7. The van der Waals surface area contributed by atoms with Crippen LogP contribution in [0.1, 0.15) is 33.5 Å². The number of amides is 1. The van der Waals surface area contributed by atoms with Crippen molar-refractivity contribution in [3.05, 3.63) is 30.1 Å². The van der Waals surface area contributed by atoms with Gasteiger partial charge in [0.1, 0.15) is 24.7 Å². The van der Waals surface area contributed by atoms with Gasteiger partial charge in [0, 0.05) is 5.41 Å². The molecule has 8 nitrogen and oxygen atoms in total. The number of nitrogens with zero attached hydrogens (tertiary/aromatic N) is 4. The van der Waals surface area contributed by atoms with Crippen LogP contribution in [0.15, 0.2) is 24.3 Å². The molecule has 2 rings (SSSR count). The van der Waals surface area contributed by atoms with Gasteiger partial charge in [0.2, 0.25) is 5.91 Å². The Kier molecular flexibility index (Phi) is 6.32. The molecule has 0 aliphatic rings. The molecule has 1 N–H and O–H groups in total. The van der Waals surface area contributed by atoms with Crippen molar-refractivity contribution in [1.82, 2.24) is 25.5 Å². The molecule has 1 aromatic heterocycles. The average molecular weight is 347 g/mol. The lowest BCUT2D eigenvalue weighted by Gasteiger charge is -2.16. The number of hydrogen-bond acceptors (Lipinski definition) is 6. The van der Waals surface area contributed by atoms with Crippen molar-refractivity contribution in [2.75, 3.05) is 19.8 Å². The Morgan fingerprint density at radius 3 is 2.40 bits per heavy atom. The number of carbonyl (C=O) groups excluding carboxylic acids is 1. The zero-order chi connectivity index (χ0) is 18.3. The van der Waals surface area contributed by atoms with E-state index in [1.54, 1.807) is 0 Å². The highest BCUT2D eigenvalue weighted by atomic mass is 16.5. The summed E-state index contributed by atoms with van der Waals surface area (Å²) in [5, 5.41) is 14.3. The predicted molar refractivity (Wildman–Crippen MR) is 92.6 cm³/mol. The van der Waals surface area contributed by atoms with Crippen LogP contribution in [0.25, 0.3) is 0 Å². The molecule has 2 aromatic rings. The second kappa shape index (κ2) is 8.46. The Balaban J connectivity index is 1.73. The number of rotatable bonds is 8. The molecule has 1 amide bonds. The van der Waals surface area contributed by atoms with Crippen LogP contribution in [-0.2, 0) is 16.8 Å². The Morgan fingerprint density at radius 2 is 1.80 bits per heavy atom. The lowest BCUT2D eigenvalue weighted by atomic mass is 9.96. The Hall–Kier alpha value is -2.64. The van der Waals surface area contributed by atoms with Gasteiger partial charge < -0.3 is 14.8 Å². The van der Waals surface area contributed by atoms with Crippen LogP contribution in [0.4, 0.5) is 0 Å². The third kappa shape index (κ3) is 5.74. The van der Waals surface area contributed by atoms with Gasteiger partial charge in [0.25, 0.3) is 0 Å². The quantitative estimate of drug-likeness (QED) is 0.729. The topological polar surface area (TPSA) is 91.2 Å². The largest absolute Gasteiger partial charge is 0.494 e. The zero-order valence-corrected chi connectivity index (χ0v) is 15.2. The van der Waals surface area contributed by atoms with E-state index in [0.29, 0.717) is 25.6 Å². The fourth-order valence-electron chi connectivity index (χ4n) is 2.20. The summed E-state index contributed by atoms with van der Waals surface area (Å²) in [6.45, 7) is 9.42. The SMILES string of the molecule is CCOc1ccc(OCCNC(=O)Cn2nnnc2C(C)(C)C)cc1. The van der Waals surface area contributed by atoms with E-state index in [4.69, 9.17) is 9.47 Å². The molecule has 0 fully saturated rings. The highest BCUT2D eigenvalue weighted by molar-refractivity contribution is 5.75. The van der Waals surface area contributed by atoms with E-state index < -0.39 is 0 Å². The van der Waals surface area contributed by atoms with Gasteiger partial charge in [-0.15, -0.1) is 5.10 Å². The minimum absolute atomic E-state index is 0.0860. The van der Waals surface area contributed by atoms with Crippen molar-refractivity contribution in [3.8, 4) is 11.5 Å². The number of tetrazole rings is 1. The maximum atomic E-state index is 12.0. The molecule has 0 bridgehead atoms. The molecule has 1 aromatic carbocycles. The van der Waals surface area contributed by atoms with E-state index in [-0.39, 0.29) is 17.9 Å². The Morgan fingerprint density at radius 1 is 1.16 bits per heavy atom. The van der Waals surface area contributed by atoms with Crippen molar-refractivity contribution in [2.24, 2.45) is 0 Å². The Labute approximate surface area is 147 Å². The Bertz CT molecular complexity index is 676. The summed E-state index contributed by atoms with van der Waals surface area (Å²) in [4.78, 5) is 12.0. The molecule has 0 saturated heterocycles. The highest BCUT2D eigenvalue weighted by Crippen LogP contribution is 2.18. The van der Waals surface area contributed by atoms with Gasteiger partial charge in [-0.1, -0.05) is 20.8 Å². The molecule has 0 aliphatic heterocycles. The zero-order valence-electron chi connectivity index (χ0n) is 15.2. The number of carbonyl (C=O) groups is 1. The molecule has 0 radical (unpaired) electrons. The van der Waals surface area contributed by atoms with Crippen molar-refractivity contribution in [2.45, 2.75) is 39.7 Å². The third-order valence-corrected chi connectivity index (χ3v) is 3.32. The number of nitrogens with one attached hydrogen (secondary N) is 1. The molecular formula is C17H25N5O3. The maximum Gasteiger partial charge on any atom is 0.242 e. The second-order valence-electron chi connectivity index (χ2n) is 6.51. The monoisotopic (exact) mass is 347 g/mol. The maximum absolute atomic E-state index is 12.0. The summed E-state index contributed by atoms with van der Waals surface area (Å²) < 4.78 is 12.5. The molecule has 136 valence electrons. The summed E-state index contributed by atoms with van der Waals surface area (Å²) >= 11 is 0. The van der Waals surface area contributed by atoms with Gasteiger partial charge >= 0.3 is 0 Å².